The fraction of sp³-hybridized carbons (Fsp3) is 0.500. The Hall–Kier alpha value is -1.06. The van der Waals surface area contributed by atoms with Crippen LogP contribution in [0.3, 0.4) is 0 Å². The van der Waals surface area contributed by atoms with Gasteiger partial charge in [-0.05, 0) is 30.9 Å². The lowest BCUT2D eigenvalue weighted by Gasteiger charge is -2.06. The van der Waals surface area contributed by atoms with Gasteiger partial charge in [0.1, 0.15) is 0 Å². The monoisotopic (exact) mass is 269 g/mol. The van der Waals surface area contributed by atoms with E-state index in [1.54, 1.807) is 7.11 Å². The summed E-state index contributed by atoms with van der Waals surface area (Å²) in [6, 6.07) is 7.62. The van der Waals surface area contributed by atoms with E-state index in [1.165, 1.54) is 0 Å². The summed E-state index contributed by atoms with van der Waals surface area (Å²) in [5.41, 5.74) is 1.02. The number of unbranched alkanes of at least 4 members (excludes halogenated alkanes) is 1. The van der Waals surface area contributed by atoms with Gasteiger partial charge in [-0.15, -0.1) is 0 Å². The van der Waals surface area contributed by atoms with Gasteiger partial charge in [-0.1, -0.05) is 29.8 Å². The second-order valence-corrected chi connectivity index (χ2v) is 4.55. The van der Waals surface area contributed by atoms with Gasteiger partial charge in [-0.3, -0.25) is 4.79 Å². The summed E-state index contributed by atoms with van der Waals surface area (Å²) < 4.78 is 4.94. The standard InChI is InChI=1S/C14H20ClNO2/c1-18-11-5-4-10-16-14(17)9-8-12-6-2-3-7-13(12)15/h2-3,6-7H,4-5,8-11H2,1H3,(H,16,17). The first-order valence-corrected chi connectivity index (χ1v) is 6.61. The third kappa shape index (κ3) is 6.03. The molecule has 0 fully saturated rings. The molecule has 1 N–H and O–H groups in total. The lowest BCUT2D eigenvalue weighted by molar-refractivity contribution is -0.121. The molecular formula is C14H20ClNO2. The largest absolute Gasteiger partial charge is 0.385 e. The molecule has 0 atom stereocenters. The molecule has 1 aromatic carbocycles. The van der Waals surface area contributed by atoms with Gasteiger partial charge in [0.25, 0.3) is 0 Å². The highest BCUT2D eigenvalue weighted by molar-refractivity contribution is 6.31. The molecule has 0 bridgehead atoms. The van der Waals surface area contributed by atoms with E-state index in [2.05, 4.69) is 5.32 Å². The van der Waals surface area contributed by atoms with Gasteiger partial charge < -0.3 is 10.1 Å². The normalized spacial score (nSPS) is 10.3. The summed E-state index contributed by atoms with van der Waals surface area (Å²) in [6.45, 7) is 1.46. The Labute approximate surface area is 113 Å². The van der Waals surface area contributed by atoms with Crippen LogP contribution in [0, 0.1) is 0 Å². The summed E-state index contributed by atoms with van der Waals surface area (Å²) in [4.78, 5) is 11.6. The Bertz CT molecular complexity index is 369. The van der Waals surface area contributed by atoms with Gasteiger partial charge in [0.2, 0.25) is 5.91 Å². The van der Waals surface area contributed by atoms with Crippen LogP contribution >= 0.6 is 11.6 Å². The molecule has 4 heteroatoms. The van der Waals surface area contributed by atoms with Crippen molar-refractivity contribution in [3.8, 4) is 0 Å². The summed E-state index contributed by atoms with van der Waals surface area (Å²) >= 11 is 6.02. The number of hydrogen-bond acceptors (Lipinski definition) is 2. The smallest absolute Gasteiger partial charge is 0.220 e. The van der Waals surface area contributed by atoms with Crippen LogP contribution in [0.25, 0.3) is 0 Å². The van der Waals surface area contributed by atoms with Gasteiger partial charge in [0.05, 0.1) is 0 Å². The summed E-state index contributed by atoms with van der Waals surface area (Å²) in [7, 11) is 1.68. The van der Waals surface area contributed by atoms with Crippen molar-refractivity contribution in [3.05, 3.63) is 34.9 Å². The zero-order valence-corrected chi connectivity index (χ0v) is 11.5. The number of methoxy groups -OCH3 is 1. The van der Waals surface area contributed by atoms with Crippen LogP contribution in [0.2, 0.25) is 5.02 Å². The summed E-state index contributed by atoms with van der Waals surface area (Å²) in [5.74, 6) is 0.0762. The van der Waals surface area contributed by atoms with Crippen LogP contribution in [-0.4, -0.2) is 26.2 Å². The van der Waals surface area contributed by atoms with E-state index < -0.39 is 0 Å². The Morgan fingerprint density at radius 3 is 2.83 bits per heavy atom. The number of hydrogen-bond donors (Lipinski definition) is 1. The molecule has 0 aliphatic rings. The average Bonchev–Trinajstić information content (AvgIpc) is 2.37. The molecule has 18 heavy (non-hydrogen) atoms. The van der Waals surface area contributed by atoms with E-state index >= 15 is 0 Å². The molecule has 100 valence electrons. The van der Waals surface area contributed by atoms with E-state index in [-0.39, 0.29) is 5.91 Å². The highest BCUT2D eigenvalue weighted by Crippen LogP contribution is 2.16. The Kier molecular flexibility index (Phi) is 7.46. The lowest BCUT2D eigenvalue weighted by Crippen LogP contribution is -2.24. The first-order chi connectivity index (χ1) is 8.74. The second-order valence-electron chi connectivity index (χ2n) is 4.14. The number of carbonyl (C=O) groups is 1. The van der Waals surface area contributed by atoms with Crippen LogP contribution < -0.4 is 5.32 Å². The first kappa shape index (κ1) is 15.0. The summed E-state index contributed by atoms with van der Waals surface area (Å²) in [6.07, 6.45) is 3.09. The van der Waals surface area contributed by atoms with E-state index in [0.29, 0.717) is 19.4 Å². The number of amides is 1. The fourth-order valence-electron chi connectivity index (χ4n) is 1.64. The molecule has 3 nitrogen and oxygen atoms in total. The number of halogens is 1. The highest BCUT2D eigenvalue weighted by atomic mass is 35.5. The van der Waals surface area contributed by atoms with Crippen molar-refractivity contribution in [2.24, 2.45) is 0 Å². The maximum atomic E-state index is 11.6. The number of benzene rings is 1. The maximum Gasteiger partial charge on any atom is 0.220 e. The fourth-order valence-corrected chi connectivity index (χ4v) is 1.87. The van der Waals surface area contributed by atoms with Gasteiger partial charge in [-0.25, -0.2) is 0 Å². The predicted molar refractivity (Wildman–Crippen MR) is 73.9 cm³/mol. The van der Waals surface area contributed by atoms with E-state index in [0.717, 1.165) is 30.0 Å². The number of nitrogens with one attached hydrogen (secondary N) is 1. The molecular weight excluding hydrogens is 250 g/mol. The van der Waals surface area contributed by atoms with E-state index in [1.807, 2.05) is 24.3 Å². The molecule has 0 heterocycles. The lowest BCUT2D eigenvalue weighted by atomic mass is 10.1. The number of carbonyl (C=O) groups excluding carboxylic acids is 1. The van der Waals surface area contributed by atoms with Crippen LogP contribution in [-0.2, 0) is 16.0 Å². The second kappa shape index (κ2) is 8.95. The van der Waals surface area contributed by atoms with Crippen molar-refractivity contribution in [2.75, 3.05) is 20.3 Å². The Morgan fingerprint density at radius 1 is 1.33 bits per heavy atom. The molecule has 0 aliphatic heterocycles. The minimum absolute atomic E-state index is 0.0762. The van der Waals surface area contributed by atoms with Crippen molar-refractivity contribution >= 4 is 17.5 Å². The first-order valence-electron chi connectivity index (χ1n) is 6.23. The molecule has 0 aromatic heterocycles. The van der Waals surface area contributed by atoms with Crippen LogP contribution in [0.4, 0.5) is 0 Å². The molecule has 1 amide bonds. The summed E-state index contributed by atoms with van der Waals surface area (Å²) in [5, 5.41) is 3.62. The van der Waals surface area contributed by atoms with Gasteiger partial charge in [0, 0.05) is 31.7 Å². The third-order valence-corrected chi connectivity index (χ3v) is 3.05. The number of aryl methyl sites for hydroxylation is 1. The van der Waals surface area contributed by atoms with E-state index in [4.69, 9.17) is 16.3 Å². The minimum atomic E-state index is 0.0762. The molecule has 0 aliphatic carbocycles. The van der Waals surface area contributed by atoms with Crippen molar-refractivity contribution < 1.29 is 9.53 Å². The van der Waals surface area contributed by atoms with Crippen LogP contribution in [0.5, 0.6) is 0 Å². The highest BCUT2D eigenvalue weighted by Gasteiger charge is 2.04. The van der Waals surface area contributed by atoms with E-state index in [9.17, 15) is 4.79 Å². The molecule has 0 unspecified atom stereocenters. The molecule has 0 saturated heterocycles. The average molecular weight is 270 g/mol. The van der Waals surface area contributed by atoms with Crippen molar-refractivity contribution in [2.45, 2.75) is 25.7 Å². The number of rotatable bonds is 8. The molecule has 1 aromatic rings. The Balaban J connectivity index is 2.15. The Morgan fingerprint density at radius 2 is 2.11 bits per heavy atom. The van der Waals surface area contributed by atoms with Crippen LogP contribution in [0.15, 0.2) is 24.3 Å². The van der Waals surface area contributed by atoms with Gasteiger partial charge >= 0.3 is 0 Å². The van der Waals surface area contributed by atoms with Crippen molar-refractivity contribution in [3.63, 3.8) is 0 Å². The molecule has 0 spiro atoms. The quantitative estimate of drug-likeness (QED) is 0.737. The predicted octanol–water partition coefficient (Wildman–Crippen LogP) is 2.82. The van der Waals surface area contributed by atoms with Gasteiger partial charge in [-0.2, -0.15) is 0 Å². The molecule has 0 saturated carbocycles. The zero-order chi connectivity index (χ0) is 13.2. The molecule has 1 rings (SSSR count). The maximum absolute atomic E-state index is 11.6. The van der Waals surface area contributed by atoms with Crippen molar-refractivity contribution in [1.82, 2.24) is 5.32 Å². The topological polar surface area (TPSA) is 38.3 Å². The minimum Gasteiger partial charge on any atom is -0.385 e. The van der Waals surface area contributed by atoms with Crippen molar-refractivity contribution in [1.29, 1.82) is 0 Å². The van der Waals surface area contributed by atoms with Gasteiger partial charge in [0.15, 0.2) is 0 Å². The van der Waals surface area contributed by atoms with Crippen LogP contribution in [0.1, 0.15) is 24.8 Å². The number of ether oxygens (including phenoxy) is 1. The SMILES string of the molecule is COCCCCNC(=O)CCc1ccccc1Cl. The molecule has 0 radical (unpaired) electrons. The third-order valence-electron chi connectivity index (χ3n) is 2.68. The zero-order valence-electron chi connectivity index (χ0n) is 10.7.